The molecule has 2 aromatic carbocycles. The highest BCUT2D eigenvalue weighted by Gasteiger charge is 2.23. The number of aromatic nitrogens is 3. The highest BCUT2D eigenvalue weighted by atomic mass is 35.5. The molecule has 0 spiro atoms. The summed E-state index contributed by atoms with van der Waals surface area (Å²) in [5, 5.41) is 12.8. The number of benzene rings is 2. The molecule has 1 unspecified atom stereocenters. The number of halogens is 1. The molecule has 0 fully saturated rings. The van der Waals surface area contributed by atoms with Crippen LogP contribution in [-0.4, -0.2) is 32.5 Å². The van der Waals surface area contributed by atoms with Crippen molar-refractivity contribution in [3.8, 4) is 17.1 Å². The van der Waals surface area contributed by atoms with Gasteiger partial charge in [-0.15, -0.1) is 10.2 Å². The third-order valence-electron chi connectivity index (χ3n) is 4.55. The molecule has 1 aromatic heterocycles. The minimum Gasteiger partial charge on any atom is -0.355 e. The molecular weight excluding hydrogens is 404 g/mol. The van der Waals surface area contributed by atoms with Gasteiger partial charge in [0, 0.05) is 12.1 Å². The SMILES string of the molecule is CCCNC(=O)C(C)Sc1nnc(-c2ccccc2Cl)n1-c1cc(C)ccc1C. The number of hydrogen-bond donors (Lipinski definition) is 1. The zero-order chi connectivity index (χ0) is 21.0. The van der Waals surface area contributed by atoms with E-state index in [0.717, 1.165) is 28.8 Å². The van der Waals surface area contributed by atoms with Crippen LogP contribution in [0.4, 0.5) is 0 Å². The molecule has 0 saturated carbocycles. The van der Waals surface area contributed by atoms with Crippen molar-refractivity contribution in [1.29, 1.82) is 0 Å². The summed E-state index contributed by atoms with van der Waals surface area (Å²) in [5.74, 6) is 0.652. The molecule has 0 aliphatic heterocycles. The van der Waals surface area contributed by atoms with Crippen LogP contribution in [0, 0.1) is 13.8 Å². The predicted octanol–water partition coefficient (Wildman–Crippen LogP) is 5.21. The van der Waals surface area contributed by atoms with Crippen molar-refractivity contribution < 1.29 is 4.79 Å². The lowest BCUT2D eigenvalue weighted by atomic mass is 10.1. The van der Waals surface area contributed by atoms with E-state index in [9.17, 15) is 4.79 Å². The van der Waals surface area contributed by atoms with Crippen LogP contribution in [0.2, 0.25) is 5.02 Å². The van der Waals surface area contributed by atoms with Crippen molar-refractivity contribution in [2.75, 3.05) is 6.54 Å². The van der Waals surface area contributed by atoms with Gasteiger partial charge in [0.05, 0.1) is 16.0 Å². The number of hydrogen-bond acceptors (Lipinski definition) is 4. The molecule has 1 amide bonds. The predicted molar refractivity (Wildman–Crippen MR) is 120 cm³/mol. The van der Waals surface area contributed by atoms with Gasteiger partial charge in [-0.2, -0.15) is 0 Å². The van der Waals surface area contributed by atoms with Crippen LogP contribution in [-0.2, 0) is 4.79 Å². The highest BCUT2D eigenvalue weighted by molar-refractivity contribution is 8.00. The van der Waals surface area contributed by atoms with Crippen LogP contribution in [0.3, 0.4) is 0 Å². The number of nitrogens with one attached hydrogen (secondary N) is 1. The average molecular weight is 429 g/mol. The standard InChI is InChI=1S/C22H25ClN4OS/c1-5-12-24-21(28)16(4)29-22-26-25-20(17-8-6-7-9-18(17)23)27(22)19-13-14(2)10-11-15(19)3/h6-11,13,16H,5,12H2,1-4H3,(H,24,28). The zero-order valence-corrected chi connectivity index (χ0v) is 18.6. The maximum Gasteiger partial charge on any atom is 0.233 e. The summed E-state index contributed by atoms with van der Waals surface area (Å²) in [6.45, 7) is 8.68. The van der Waals surface area contributed by atoms with Crippen LogP contribution >= 0.6 is 23.4 Å². The molecule has 0 bridgehead atoms. The molecule has 3 aromatic rings. The Morgan fingerprint density at radius 2 is 1.97 bits per heavy atom. The van der Waals surface area contributed by atoms with E-state index in [4.69, 9.17) is 11.6 Å². The van der Waals surface area contributed by atoms with Crippen LogP contribution in [0.1, 0.15) is 31.4 Å². The Bertz CT molecular complexity index is 1020. The first-order chi connectivity index (χ1) is 13.9. The van der Waals surface area contributed by atoms with Gasteiger partial charge in [0.15, 0.2) is 11.0 Å². The first-order valence-electron chi connectivity index (χ1n) is 9.64. The van der Waals surface area contributed by atoms with Crippen LogP contribution < -0.4 is 5.32 Å². The first kappa shape index (κ1) is 21.4. The van der Waals surface area contributed by atoms with Crippen molar-refractivity contribution in [2.45, 2.75) is 44.5 Å². The molecule has 1 atom stereocenters. The van der Waals surface area contributed by atoms with E-state index in [-0.39, 0.29) is 11.2 Å². The Kier molecular flexibility index (Phi) is 6.98. The molecule has 3 rings (SSSR count). The summed E-state index contributed by atoms with van der Waals surface area (Å²) in [6, 6.07) is 13.8. The number of rotatable bonds is 7. The van der Waals surface area contributed by atoms with Gasteiger partial charge in [0.1, 0.15) is 0 Å². The topological polar surface area (TPSA) is 59.8 Å². The molecule has 0 saturated heterocycles. The zero-order valence-electron chi connectivity index (χ0n) is 17.1. The van der Waals surface area contributed by atoms with Crippen molar-refractivity contribution in [2.24, 2.45) is 0 Å². The van der Waals surface area contributed by atoms with Crippen molar-refractivity contribution in [3.05, 3.63) is 58.6 Å². The van der Waals surface area contributed by atoms with E-state index in [1.807, 2.05) is 42.7 Å². The van der Waals surface area contributed by atoms with E-state index in [1.54, 1.807) is 0 Å². The quantitative estimate of drug-likeness (QED) is 0.524. The van der Waals surface area contributed by atoms with E-state index < -0.39 is 0 Å². The second-order valence-corrected chi connectivity index (χ2v) is 8.68. The molecule has 1 heterocycles. The number of carbonyl (C=O) groups is 1. The number of amides is 1. The Hall–Kier alpha value is -2.31. The molecule has 1 N–H and O–H groups in total. The van der Waals surface area contributed by atoms with Gasteiger partial charge in [0.25, 0.3) is 0 Å². The second-order valence-electron chi connectivity index (χ2n) is 6.96. The highest BCUT2D eigenvalue weighted by Crippen LogP contribution is 2.34. The monoisotopic (exact) mass is 428 g/mol. The van der Waals surface area contributed by atoms with Gasteiger partial charge in [-0.25, -0.2) is 0 Å². The third kappa shape index (κ3) is 4.82. The van der Waals surface area contributed by atoms with Gasteiger partial charge in [-0.1, -0.05) is 54.6 Å². The Morgan fingerprint density at radius 3 is 2.69 bits per heavy atom. The number of carbonyl (C=O) groups excluding carboxylic acids is 1. The largest absolute Gasteiger partial charge is 0.355 e. The fourth-order valence-corrected chi connectivity index (χ4v) is 4.05. The Balaban J connectivity index is 2.09. The van der Waals surface area contributed by atoms with Gasteiger partial charge >= 0.3 is 0 Å². The minimum absolute atomic E-state index is 0.00772. The molecule has 0 radical (unpaired) electrons. The maximum absolute atomic E-state index is 12.4. The van der Waals surface area contributed by atoms with E-state index in [0.29, 0.717) is 22.5 Å². The molecular formula is C22H25ClN4OS. The van der Waals surface area contributed by atoms with Gasteiger partial charge in [-0.05, 0) is 56.5 Å². The van der Waals surface area contributed by atoms with Crippen molar-refractivity contribution in [3.63, 3.8) is 0 Å². The number of nitrogens with zero attached hydrogens (tertiary/aromatic N) is 3. The molecule has 0 aliphatic carbocycles. The second kappa shape index (κ2) is 9.46. The summed E-state index contributed by atoms with van der Waals surface area (Å²) in [4.78, 5) is 12.4. The number of thioether (sulfide) groups is 1. The Morgan fingerprint density at radius 1 is 1.21 bits per heavy atom. The van der Waals surface area contributed by atoms with Crippen molar-refractivity contribution in [1.82, 2.24) is 20.1 Å². The summed E-state index contributed by atoms with van der Waals surface area (Å²) in [5.41, 5.74) is 4.01. The Labute approximate surface area is 180 Å². The normalized spacial score (nSPS) is 12.0. The molecule has 29 heavy (non-hydrogen) atoms. The molecule has 7 heteroatoms. The summed E-state index contributed by atoms with van der Waals surface area (Å²) in [6.07, 6.45) is 0.901. The average Bonchev–Trinajstić information content (AvgIpc) is 3.11. The summed E-state index contributed by atoms with van der Waals surface area (Å²) in [7, 11) is 0. The third-order valence-corrected chi connectivity index (χ3v) is 5.93. The minimum atomic E-state index is -0.297. The van der Waals surface area contributed by atoms with Gasteiger partial charge in [-0.3, -0.25) is 9.36 Å². The van der Waals surface area contributed by atoms with Crippen LogP contribution in [0.25, 0.3) is 17.1 Å². The fourth-order valence-electron chi connectivity index (χ4n) is 2.94. The number of aryl methyl sites for hydroxylation is 2. The van der Waals surface area contributed by atoms with E-state index >= 15 is 0 Å². The molecule has 0 aliphatic rings. The van der Waals surface area contributed by atoms with Crippen molar-refractivity contribution >= 4 is 29.3 Å². The summed E-state index contributed by atoms with van der Waals surface area (Å²) >= 11 is 7.85. The molecule has 5 nitrogen and oxygen atoms in total. The van der Waals surface area contributed by atoms with E-state index in [2.05, 4.69) is 47.6 Å². The molecule has 152 valence electrons. The van der Waals surface area contributed by atoms with Gasteiger partial charge in [0.2, 0.25) is 5.91 Å². The lowest BCUT2D eigenvalue weighted by molar-refractivity contribution is -0.120. The van der Waals surface area contributed by atoms with E-state index in [1.165, 1.54) is 11.8 Å². The lowest BCUT2D eigenvalue weighted by Crippen LogP contribution is -2.31. The fraction of sp³-hybridized carbons (Fsp3) is 0.318. The van der Waals surface area contributed by atoms with Gasteiger partial charge < -0.3 is 5.32 Å². The smallest absolute Gasteiger partial charge is 0.233 e. The van der Waals surface area contributed by atoms with Crippen LogP contribution in [0.15, 0.2) is 47.6 Å². The first-order valence-corrected chi connectivity index (χ1v) is 10.9. The summed E-state index contributed by atoms with van der Waals surface area (Å²) < 4.78 is 2.00. The lowest BCUT2D eigenvalue weighted by Gasteiger charge is -2.16. The maximum atomic E-state index is 12.4. The van der Waals surface area contributed by atoms with Crippen LogP contribution in [0.5, 0.6) is 0 Å².